The molecule has 3 aromatic carbocycles. The van der Waals surface area contributed by atoms with Gasteiger partial charge in [0.25, 0.3) is 5.91 Å². The summed E-state index contributed by atoms with van der Waals surface area (Å²) in [4.78, 5) is 31.0. The summed E-state index contributed by atoms with van der Waals surface area (Å²) in [6, 6.07) is 24.1. The Kier molecular flexibility index (Phi) is 6.59. The Hall–Kier alpha value is -4.12. The van der Waals surface area contributed by atoms with E-state index in [2.05, 4.69) is 35.9 Å². The molecule has 2 amide bonds. The van der Waals surface area contributed by atoms with E-state index in [1.54, 1.807) is 4.90 Å². The fraction of sp³-hybridized carbons (Fsp3) is 0.273. The normalized spacial score (nSPS) is 16.8. The summed E-state index contributed by atoms with van der Waals surface area (Å²) in [5, 5.41) is 1.07. The van der Waals surface area contributed by atoms with E-state index in [9.17, 15) is 9.59 Å². The molecule has 2 aliphatic heterocycles. The fourth-order valence-corrected chi connectivity index (χ4v) is 5.93. The zero-order chi connectivity index (χ0) is 26.1. The highest BCUT2D eigenvalue weighted by molar-refractivity contribution is 6.38. The van der Waals surface area contributed by atoms with Gasteiger partial charge >= 0.3 is 0 Å². The lowest BCUT2D eigenvalue weighted by Gasteiger charge is -2.21. The van der Waals surface area contributed by atoms with Gasteiger partial charge in [-0.1, -0.05) is 74.4 Å². The minimum atomic E-state index is -0.0365. The van der Waals surface area contributed by atoms with E-state index in [0.29, 0.717) is 12.1 Å². The molecular weight excluding hydrogens is 470 g/mol. The molecule has 0 bridgehead atoms. The largest absolute Gasteiger partial charge is 0.341 e. The van der Waals surface area contributed by atoms with Gasteiger partial charge in [0.15, 0.2) is 0 Å². The molecule has 1 saturated heterocycles. The van der Waals surface area contributed by atoms with E-state index >= 15 is 0 Å². The van der Waals surface area contributed by atoms with E-state index in [4.69, 9.17) is 0 Å². The van der Waals surface area contributed by atoms with Crippen LogP contribution in [0.15, 0.2) is 79.0 Å². The molecule has 3 heterocycles. The number of para-hydroxylation sites is 3. The van der Waals surface area contributed by atoms with Gasteiger partial charge in [-0.2, -0.15) is 0 Å². The van der Waals surface area contributed by atoms with Crippen LogP contribution in [0, 0.1) is 0 Å². The topological polar surface area (TPSA) is 45.6 Å². The Balaban J connectivity index is 1.44. The minimum absolute atomic E-state index is 0.0365. The maximum Gasteiger partial charge on any atom is 0.263 e. The molecule has 2 aliphatic rings. The van der Waals surface area contributed by atoms with Crippen LogP contribution in [0.25, 0.3) is 22.6 Å². The van der Waals surface area contributed by atoms with Gasteiger partial charge in [0.2, 0.25) is 5.91 Å². The lowest BCUT2D eigenvalue weighted by molar-refractivity contribution is -0.131. The molecule has 0 unspecified atom stereocenters. The number of rotatable bonds is 5. The maximum absolute atomic E-state index is 13.8. The molecule has 192 valence electrons. The Morgan fingerprint density at radius 2 is 1.61 bits per heavy atom. The molecule has 1 aromatic heterocycles. The first-order valence-corrected chi connectivity index (χ1v) is 13.7. The third kappa shape index (κ3) is 4.32. The monoisotopic (exact) mass is 503 g/mol. The van der Waals surface area contributed by atoms with E-state index in [1.165, 1.54) is 18.4 Å². The second-order valence-corrected chi connectivity index (χ2v) is 10.2. The van der Waals surface area contributed by atoms with E-state index < -0.39 is 0 Å². The van der Waals surface area contributed by atoms with Crippen LogP contribution in [-0.2, 0) is 22.6 Å². The van der Waals surface area contributed by atoms with Gasteiger partial charge in [0.05, 0.1) is 16.8 Å². The van der Waals surface area contributed by atoms with Gasteiger partial charge in [0, 0.05) is 41.5 Å². The van der Waals surface area contributed by atoms with Crippen LogP contribution < -0.4 is 4.90 Å². The maximum atomic E-state index is 13.8. The fourth-order valence-electron chi connectivity index (χ4n) is 5.93. The number of benzene rings is 3. The third-order valence-electron chi connectivity index (χ3n) is 7.84. The molecule has 0 N–H and O–H groups in total. The van der Waals surface area contributed by atoms with Crippen LogP contribution >= 0.6 is 0 Å². The highest BCUT2D eigenvalue weighted by Crippen LogP contribution is 2.42. The van der Waals surface area contributed by atoms with Gasteiger partial charge < -0.3 is 9.47 Å². The van der Waals surface area contributed by atoms with Crippen LogP contribution in [0.4, 0.5) is 11.4 Å². The quantitative estimate of drug-likeness (QED) is 0.280. The number of likely N-dealkylation sites (tertiary alicyclic amines) is 1. The summed E-state index contributed by atoms with van der Waals surface area (Å²) in [5.41, 5.74) is 6.60. The van der Waals surface area contributed by atoms with Gasteiger partial charge in [-0.05, 0) is 49.1 Å². The molecule has 5 nitrogen and oxygen atoms in total. The number of fused-ring (bicyclic) bond motifs is 2. The van der Waals surface area contributed by atoms with E-state index in [-0.39, 0.29) is 11.8 Å². The van der Waals surface area contributed by atoms with Crippen molar-refractivity contribution in [3.63, 3.8) is 0 Å². The second kappa shape index (κ2) is 10.3. The number of anilines is 2. The van der Waals surface area contributed by atoms with Crippen molar-refractivity contribution in [1.82, 2.24) is 9.47 Å². The number of carbonyl (C=O) groups is 2. The lowest BCUT2D eigenvalue weighted by Crippen LogP contribution is -2.34. The molecule has 0 atom stereocenters. The number of carbonyl (C=O) groups excluding carboxylic acids is 2. The number of hydrogen-bond donors (Lipinski definition) is 0. The zero-order valence-corrected chi connectivity index (χ0v) is 21.9. The molecule has 0 spiro atoms. The Bertz CT molecular complexity index is 1520. The summed E-state index contributed by atoms with van der Waals surface area (Å²) in [5.74, 6) is 0.136. The average molecular weight is 504 g/mol. The van der Waals surface area contributed by atoms with E-state index in [0.717, 1.165) is 65.8 Å². The highest BCUT2D eigenvalue weighted by Gasteiger charge is 2.33. The molecule has 0 radical (unpaired) electrons. The minimum Gasteiger partial charge on any atom is -0.341 e. The Morgan fingerprint density at radius 1 is 0.868 bits per heavy atom. The lowest BCUT2D eigenvalue weighted by atomic mass is 10.0. The van der Waals surface area contributed by atoms with Crippen molar-refractivity contribution in [1.29, 1.82) is 0 Å². The van der Waals surface area contributed by atoms with Gasteiger partial charge in [-0.15, -0.1) is 0 Å². The van der Waals surface area contributed by atoms with E-state index in [1.807, 2.05) is 65.6 Å². The van der Waals surface area contributed by atoms with Crippen molar-refractivity contribution in [3.8, 4) is 0 Å². The molecule has 0 saturated carbocycles. The van der Waals surface area contributed by atoms with Gasteiger partial charge in [-0.25, -0.2) is 0 Å². The first kappa shape index (κ1) is 24.2. The van der Waals surface area contributed by atoms with Crippen molar-refractivity contribution < 1.29 is 9.59 Å². The summed E-state index contributed by atoms with van der Waals surface area (Å²) in [6.07, 6.45) is 9.50. The van der Waals surface area contributed by atoms with Crippen LogP contribution in [0.2, 0.25) is 0 Å². The molecule has 4 aromatic rings. The summed E-state index contributed by atoms with van der Waals surface area (Å²) in [7, 11) is 0. The van der Waals surface area contributed by atoms with Crippen LogP contribution in [0.1, 0.15) is 49.3 Å². The molecule has 0 aliphatic carbocycles. The molecule has 5 heteroatoms. The predicted molar refractivity (Wildman–Crippen MR) is 154 cm³/mol. The predicted octanol–water partition coefficient (Wildman–Crippen LogP) is 6.83. The van der Waals surface area contributed by atoms with Crippen molar-refractivity contribution in [2.75, 3.05) is 18.0 Å². The zero-order valence-electron chi connectivity index (χ0n) is 21.9. The molecule has 38 heavy (non-hydrogen) atoms. The Morgan fingerprint density at radius 3 is 2.37 bits per heavy atom. The molecular formula is C33H33N3O2. The standard InChI is InChI=1S/C33H33N3O2/c1-2-24-13-12-17-27-25(22-35(32(24)27)23-31(37)34-19-10-3-4-11-20-34)21-29-28-16-8-9-18-30(28)36(33(29)38)26-14-6-5-7-15-26/h5-9,12-18,21-22H,2-4,10-11,19-20,23H2,1H3/b29-21+. The Labute approximate surface area is 224 Å². The van der Waals surface area contributed by atoms with Crippen LogP contribution in [-0.4, -0.2) is 34.4 Å². The number of aromatic nitrogens is 1. The van der Waals surface area contributed by atoms with Crippen molar-refractivity contribution in [2.24, 2.45) is 0 Å². The first-order valence-electron chi connectivity index (χ1n) is 13.7. The van der Waals surface area contributed by atoms with Crippen molar-refractivity contribution >= 4 is 45.7 Å². The number of amides is 2. The smallest absolute Gasteiger partial charge is 0.263 e. The van der Waals surface area contributed by atoms with Crippen LogP contribution in [0.3, 0.4) is 0 Å². The third-order valence-corrected chi connectivity index (χ3v) is 7.84. The number of nitrogens with zero attached hydrogens (tertiary/aromatic N) is 3. The van der Waals surface area contributed by atoms with Gasteiger partial charge in [0.1, 0.15) is 6.54 Å². The summed E-state index contributed by atoms with van der Waals surface area (Å²) in [6.45, 7) is 4.15. The van der Waals surface area contributed by atoms with Crippen LogP contribution in [0.5, 0.6) is 0 Å². The molecule has 1 fully saturated rings. The summed E-state index contributed by atoms with van der Waals surface area (Å²) >= 11 is 0. The average Bonchev–Trinajstić information content (AvgIpc) is 3.27. The summed E-state index contributed by atoms with van der Waals surface area (Å²) < 4.78 is 2.11. The van der Waals surface area contributed by atoms with Crippen molar-refractivity contribution in [3.05, 3.63) is 95.7 Å². The van der Waals surface area contributed by atoms with Gasteiger partial charge in [-0.3, -0.25) is 14.5 Å². The SMILES string of the molecule is CCc1cccc2c(/C=C3/C(=O)N(c4ccccc4)c4ccccc43)cn(CC(=O)N3CCCCCC3)c12. The first-order chi connectivity index (χ1) is 18.7. The van der Waals surface area contributed by atoms with Crippen molar-refractivity contribution in [2.45, 2.75) is 45.6 Å². The highest BCUT2D eigenvalue weighted by atomic mass is 16.2. The molecule has 6 rings (SSSR count). The second-order valence-electron chi connectivity index (χ2n) is 10.2. The number of hydrogen-bond acceptors (Lipinski definition) is 2. The number of aryl methyl sites for hydroxylation is 1.